The molecule has 1 aliphatic heterocycles. The fraction of sp³-hybridized carbons (Fsp3) is 0.333. The Bertz CT molecular complexity index is 697. The minimum atomic E-state index is -0.296. The zero-order chi connectivity index (χ0) is 16.8. The molecule has 24 heavy (non-hydrogen) atoms. The van der Waals surface area contributed by atoms with E-state index in [0.29, 0.717) is 13.1 Å². The summed E-state index contributed by atoms with van der Waals surface area (Å²) in [5.74, 6) is -0.416. The molecular weight excluding hydrogens is 327 g/mol. The predicted molar refractivity (Wildman–Crippen MR) is 91.9 cm³/mol. The van der Waals surface area contributed by atoms with Crippen LogP contribution in [-0.2, 0) is 16.1 Å². The standard InChI is InChI=1S/C18H19FN2O2S/c19-15-4-1-3-14(11-15)12-21(13-16-5-2-9-23-16)18(22)7-6-17-20-8-10-24-17/h1,3-4,6-8,10-11,16H,2,5,9,12-13H2/b7-6+/t16-/m1/s1. The maximum atomic E-state index is 13.4. The summed E-state index contributed by atoms with van der Waals surface area (Å²) in [7, 11) is 0. The van der Waals surface area contributed by atoms with Crippen molar-refractivity contribution in [2.45, 2.75) is 25.5 Å². The second kappa shape index (κ2) is 8.17. The molecule has 126 valence electrons. The summed E-state index contributed by atoms with van der Waals surface area (Å²) in [5.41, 5.74) is 0.768. The van der Waals surface area contributed by atoms with Crippen molar-refractivity contribution < 1.29 is 13.9 Å². The van der Waals surface area contributed by atoms with Crippen molar-refractivity contribution >= 4 is 23.3 Å². The van der Waals surface area contributed by atoms with Gasteiger partial charge in [0, 0.05) is 37.3 Å². The molecule has 1 aliphatic rings. The molecule has 0 bridgehead atoms. The minimum absolute atomic E-state index is 0.0516. The number of rotatable bonds is 6. The number of hydrogen-bond donors (Lipinski definition) is 0. The molecule has 0 aliphatic carbocycles. The van der Waals surface area contributed by atoms with Gasteiger partial charge >= 0.3 is 0 Å². The van der Waals surface area contributed by atoms with E-state index in [9.17, 15) is 9.18 Å². The van der Waals surface area contributed by atoms with Crippen molar-refractivity contribution in [2.24, 2.45) is 0 Å². The molecule has 2 aromatic rings. The maximum absolute atomic E-state index is 13.4. The molecule has 1 aromatic heterocycles. The average Bonchev–Trinajstić information content (AvgIpc) is 3.26. The fourth-order valence-electron chi connectivity index (χ4n) is 2.69. The van der Waals surface area contributed by atoms with Gasteiger partial charge in [0.15, 0.2) is 0 Å². The number of aromatic nitrogens is 1. The van der Waals surface area contributed by atoms with Gasteiger partial charge in [-0.3, -0.25) is 4.79 Å². The van der Waals surface area contributed by atoms with Crippen molar-refractivity contribution in [3.63, 3.8) is 0 Å². The lowest BCUT2D eigenvalue weighted by molar-refractivity contribution is -0.128. The first kappa shape index (κ1) is 16.8. The summed E-state index contributed by atoms with van der Waals surface area (Å²) in [6.45, 7) is 1.61. The van der Waals surface area contributed by atoms with E-state index >= 15 is 0 Å². The Morgan fingerprint density at radius 3 is 3.12 bits per heavy atom. The average molecular weight is 346 g/mol. The van der Waals surface area contributed by atoms with Crippen LogP contribution in [0.4, 0.5) is 4.39 Å². The first-order valence-electron chi connectivity index (χ1n) is 7.93. The third-order valence-corrected chi connectivity index (χ3v) is 4.58. The molecule has 6 heteroatoms. The fourth-order valence-corrected chi connectivity index (χ4v) is 3.22. The highest BCUT2D eigenvalue weighted by atomic mass is 32.1. The molecule has 3 rings (SSSR count). The Hall–Kier alpha value is -2.05. The highest BCUT2D eigenvalue weighted by Crippen LogP contribution is 2.16. The van der Waals surface area contributed by atoms with Crippen LogP contribution in [-0.4, -0.2) is 35.0 Å². The van der Waals surface area contributed by atoms with E-state index in [-0.39, 0.29) is 17.8 Å². The molecule has 1 atom stereocenters. The summed E-state index contributed by atoms with van der Waals surface area (Å²) < 4.78 is 19.1. The van der Waals surface area contributed by atoms with E-state index in [1.165, 1.54) is 29.5 Å². The summed E-state index contributed by atoms with van der Waals surface area (Å²) in [4.78, 5) is 18.4. The van der Waals surface area contributed by atoms with Gasteiger partial charge in [0.1, 0.15) is 10.8 Å². The number of halogens is 1. The Morgan fingerprint density at radius 1 is 1.50 bits per heavy atom. The first-order chi connectivity index (χ1) is 11.7. The third kappa shape index (κ3) is 4.72. The van der Waals surface area contributed by atoms with E-state index in [2.05, 4.69) is 4.98 Å². The van der Waals surface area contributed by atoms with Crippen molar-refractivity contribution in [3.8, 4) is 0 Å². The van der Waals surface area contributed by atoms with Gasteiger partial charge in [-0.25, -0.2) is 9.37 Å². The molecule has 1 aromatic carbocycles. The van der Waals surface area contributed by atoms with E-state index in [4.69, 9.17) is 4.74 Å². The number of ether oxygens (including phenoxy) is 1. The van der Waals surface area contributed by atoms with Crippen molar-refractivity contribution in [1.29, 1.82) is 0 Å². The van der Waals surface area contributed by atoms with E-state index in [0.717, 1.165) is 30.0 Å². The van der Waals surface area contributed by atoms with Gasteiger partial charge < -0.3 is 9.64 Å². The molecule has 0 radical (unpaired) electrons. The van der Waals surface area contributed by atoms with Crippen LogP contribution in [0, 0.1) is 5.82 Å². The predicted octanol–water partition coefficient (Wildman–Crippen LogP) is 3.50. The van der Waals surface area contributed by atoms with E-state index in [1.54, 1.807) is 23.2 Å². The summed E-state index contributed by atoms with van der Waals surface area (Å²) in [6, 6.07) is 6.34. The molecule has 0 saturated carbocycles. The Morgan fingerprint density at radius 2 is 2.42 bits per heavy atom. The summed E-state index contributed by atoms with van der Waals surface area (Å²) in [5, 5.41) is 2.65. The first-order valence-corrected chi connectivity index (χ1v) is 8.81. The third-order valence-electron chi connectivity index (χ3n) is 3.84. The lowest BCUT2D eigenvalue weighted by Gasteiger charge is -2.24. The molecule has 1 fully saturated rings. The van der Waals surface area contributed by atoms with Gasteiger partial charge in [-0.05, 0) is 36.6 Å². The second-order valence-corrected chi connectivity index (χ2v) is 6.61. The number of nitrogens with zero attached hydrogens (tertiary/aromatic N) is 2. The van der Waals surface area contributed by atoms with Crippen LogP contribution in [0.1, 0.15) is 23.4 Å². The highest BCUT2D eigenvalue weighted by molar-refractivity contribution is 7.10. The smallest absolute Gasteiger partial charge is 0.247 e. The van der Waals surface area contributed by atoms with Crippen molar-refractivity contribution in [3.05, 3.63) is 58.3 Å². The zero-order valence-corrected chi connectivity index (χ0v) is 14.0. The molecule has 4 nitrogen and oxygen atoms in total. The van der Waals surface area contributed by atoms with Gasteiger partial charge in [0.25, 0.3) is 0 Å². The van der Waals surface area contributed by atoms with Gasteiger partial charge in [-0.1, -0.05) is 12.1 Å². The number of carbonyl (C=O) groups excluding carboxylic acids is 1. The van der Waals surface area contributed by atoms with Crippen LogP contribution in [0.5, 0.6) is 0 Å². The largest absolute Gasteiger partial charge is 0.376 e. The molecule has 1 amide bonds. The highest BCUT2D eigenvalue weighted by Gasteiger charge is 2.21. The zero-order valence-electron chi connectivity index (χ0n) is 13.2. The van der Waals surface area contributed by atoms with Gasteiger partial charge in [0.05, 0.1) is 6.10 Å². The lowest BCUT2D eigenvalue weighted by Crippen LogP contribution is -2.35. The molecule has 0 spiro atoms. The van der Waals surface area contributed by atoms with Crippen LogP contribution < -0.4 is 0 Å². The minimum Gasteiger partial charge on any atom is -0.376 e. The van der Waals surface area contributed by atoms with Crippen molar-refractivity contribution in [2.75, 3.05) is 13.2 Å². The van der Waals surface area contributed by atoms with Crippen LogP contribution in [0.2, 0.25) is 0 Å². The number of benzene rings is 1. The summed E-state index contributed by atoms with van der Waals surface area (Å²) in [6.07, 6.45) is 6.95. The van der Waals surface area contributed by atoms with E-state index in [1.807, 2.05) is 11.4 Å². The second-order valence-electron chi connectivity index (χ2n) is 5.69. The number of amides is 1. The lowest BCUT2D eigenvalue weighted by atomic mass is 10.1. The topological polar surface area (TPSA) is 42.4 Å². The van der Waals surface area contributed by atoms with Crippen LogP contribution in [0.15, 0.2) is 41.9 Å². The molecule has 0 N–H and O–H groups in total. The molecule has 0 unspecified atom stereocenters. The van der Waals surface area contributed by atoms with E-state index < -0.39 is 0 Å². The van der Waals surface area contributed by atoms with Gasteiger partial charge in [0.2, 0.25) is 5.91 Å². The van der Waals surface area contributed by atoms with Crippen LogP contribution in [0.25, 0.3) is 6.08 Å². The monoisotopic (exact) mass is 346 g/mol. The number of hydrogen-bond acceptors (Lipinski definition) is 4. The maximum Gasteiger partial charge on any atom is 0.247 e. The molecule has 2 heterocycles. The Balaban J connectivity index is 1.71. The molecule has 1 saturated heterocycles. The quantitative estimate of drug-likeness (QED) is 0.752. The number of thiazole rings is 1. The van der Waals surface area contributed by atoms with Gasteiger partial charge in [-0.2, -0.15) is 0 Å². The Labute approximate surface area is 144 Å². The summed E-state index contributed by atoms with van der Waals surface area (Å²) >= 11 is 1.47. The number of carbonyl (C=O) groups is 1. The normalized spacial score (nSPS) is 17.5. The van der Waals surface area contributed by atoms with Gasteiger partial charge in [-0.15, -0.1) is 11.3 Å². The molecular formula is C18H19FN2O2S. The SMILES string of the molecule is O=C(/C=C/c1nccs1)N(Cc1cccc(F)c1)C[C@H]1CCCO1. The van der Waals surface area contributed by atoms with Crippen LogP contribution in [0.3, 0.4) is 0 Å². The Kier molecular flexibility index (Phi) is 5.72. The van der Waals surface area contributed by atoms with Crippen LogP contribution >= 0.6 is 11.3 Å². The van der Waals surface area contributed by atoms with Crippen molar-refractivity contribution in [1.82, 2.24) is 9.88 Å².